The number of hydrogen-bond donors (Lipinski definition) is 1. The van der Waals surface area contributed by atoms with Crippen LogP contribution in [0, 0.1) is 6.92 Å². The van der Waals surface area contributed by atoms with Crippen LogP contribution in [-0.2, 0) is 6.54 Å². The van der Waals surface area contributed by atoms with Gasteiger partial charge in [-0.1, -0.05) is 43.6 Å². The number of carbonyl (C=O) groups is 1. The molecule has 0 spiro atoms. The molecule has 2 rings (SSSR count). The van der Waals surface area contributed by atoms with Crippen molar-refractivity contribution in [1.82, 2.24) is 10.3 Å². The zero-order valence-corrected chi connectivity index (χ0v) is 12.5. The predicted molar refractivity (Wildman–Crippen MR) is 78.0 cm³/mol. The molecule has 0 aliphatic rings. The van der Waals surface area contributed by atoms with Crippen LogP contribution in [0.3, 0.4) is 0 Å². The van der Waals surface area contributed by atoms with E-state index in [9.17, 15) is 4.79 Å². The van der Waals surface area contributed by atoms with Crippen LogP contribution in [0.25, 0.3) is 0 Å². The van der Waals surface area contributed by atoms with E-state index >= 15 is 0 Å². The highest BCUT2D eigenvalue weighted by atomic mass is 35.5. The van der Waals surface area contributed by atoms with Gasteiger partial charge in [-0.3, -0.25) is 4.79 Å². The highest BCUT2D eigenvalue weighted by molar-refractivity contribution is 6.31. The van der Waals surface area contributed by atoms with Crippen molar-refractivity contribution in [2.45, 2.75) is 33.2 Å². The molecule has 2 aromatic rings. The Bertz CT molecular complexity index is 620. The van der Waals surface area contributed by atoms with E-state index in [4.69, 9.17) is 16.0 Å². The molecule has 4 nitrogen and oxygen atoms in total. The van der Waals surface area contributed by atoms with E-state index in [1.807, 2.05) is 32.0 Å². The van der Waals surface area contributed by atoms with Crippen molar-refractivity contribution >= 4 is 17.5 Å². The highest BCUT2D eigenvalue weighted by Crippen LogP contribution is 2.20. The van der Waals surface area contributed by atoms with E-state index in [0.29, 0.717) is 23.2 Å². The van der Waals surface area contributed by atoms with Crippen molar-refractivity contribution in [2.75, 3.05) is 0 Å². The average Bonchev–Trinajstić information content (AvgIpc) is 2.80. The lowest BCUT2D eigenvalue weighted by Crippen LogP contribution is -2.23. The molecule has 0 unspecified atom stereocenters. The van der Waals surface area contributed by atoms with Gasteiger partial charge in [0.2, 0.25) is 5.76 Å². The largest absolute Gasteiger partial charge is 0.436 e. The monoisotopic (exact) mass is 292 g/mol. The van der Waals surface area contributed by atoms with Gasteiger partial charge in [0.1, 0.15) is 0 Å². The summed E-state index contributed by atoms with van der Waals surface area (Å²) >= 11 is 6.05. The number of aromatic nitrogens is 1. The molecule has 0 aliphatic carbocycles. The van der Waals surface area contributed by atoms with E-state index in [-0.39, 0.29) is 17.6 Å². The minimum absolute atomic E-state index is 0.133. The summed E-state index contributed by atoms with van der Waals surface area (Å²) in [6.07, 6.45) is 0. The lowest BCUT2D eigenvalue weighted by atomic mass is 10.1. The van der Waals surface area contributed by atoms with Gasteiger partial charge in [-0.2, -0.15) is 0 Å². The maximum atomic E-state index is 12.2. The van der Waals surface area contributed by atoms with E-state index in [2.05, 4.69) is 10.3 Å². The van der Waals surface area contributed by atoms with Crippen LogP contribution < -0.4 is 5.32 Å². The van der Waals surface area contributed by atoms with Crippen LogP contribution in [0.15, 0.2) is 28.7 Å². The van der Waals surface area contributed by atoms with Crippen LogP contribution in [0.2, 0.25) is 5.02 Å². The van der Waals surface area contributed by atoms with Crippen LogP contribution >= 0.6 is 11.6 Å². The SMILES string of the molecule is Cc1nc(C(C)C)c(C(=O)NCc2ccccc2Cl)o1. The fourth-order valence-electron chi connectivity index (χ4n) is 1.89. The molecule has 1 amide bonds. The number of nitrogens with one attached hydrogen (secondary N) is 1. The summed E-state index contributed by atoms with van der Waals surface area (Å²) in [5, 5.41) is 3.44. The summed E-state index contributed by atoms with van der Waals surface area (Å²) in [6, 6.07) is 7.40. The van der Waals surface area contributed by atoms with Gasteiger partial charge < -0.3 is 9.73 Å². The smallest absolute Gasteiger partial charge is 0.289 e. The molecule has 1 N–H and O–H groups in total. The van der Waals surface area contributed by atoms with Gasteiger partial charge >= 0.3 is 0 Å². The van der Waals surface area contributed by atoms with Crippen LogP contribution in [0.1, 0.15) is 47.5 Å². The number of hydrogen-bond acceptors (Lipinski definition) is 3. The number of amides is 1. The molecule has 0 atom stereocenters. The van der Waals surface area contributed by atoms with Crippen molar-refractivity contribution in [1.29, 1.82) is 0 Å². The second-order valence-electron chi connectivity index (χ2n) is 4.88. The first-order valence-corrected chi connectivity index (χ1v) is 6.85. The highest BCUT2D eigenvalue weighted by Gasteiger charge is 2.20. The fraction of sp³-hybridized carbons (Fsp3) is 0.333. The average molecular weight is 293 g/mol. The first kappa shape index (κ1) is 14.6. The Labute approximate surface area is 123 Å². The molecule has 0 saturated carbocycles. The van der Waals surface area contributed by atoms with Gasteiger partial charge in [0.25, 0.3) is 5.91 Å². The summed E-state index contributed by atoms with van der Waals surface area (Å²) in [5.41, 5.74) is 1.55. The molecule has 0 aliphatic heterocycles. The predicted octanol–water partition coefficient (Wildman–Crippen LogP) is 3.69. The maximum Gasteiger partial charge on any atom is 0.289 e. The van der Waals surface area contributed by atoms with E-state index in [0.717, 1.165) is 5.56 Å². The molecule has 0 radical (unpaired) electrons. The van der Waals surface area contributed by atoms with E-state index in [1.165, 1.54) is 0 Å². The maximum absolute atomic E-state index is 12.2. The Morgan fingerprint density at radius 2 is 2.10 bits per heavy atom. The van der Waals surface area contributed by atoms with Crippen LogP contribution in [-0.4, -0.2) is 10.9 Å². The van der Waals surface area contributed by atoms with Gasteiger partial charge in [-0.05, 0) is 17.5 Å². The zero-order chi connectivity index (χ0) is 14.7. The van der Waals surface area contributed by atoms with Gasteiger partial charge in [0.05, 0.1) is 5.69 Å². The number of nitrogens with zero attached hydrogens (tertiary/aromatic N) is 1. The Kier molecular flexibility index (Phi) is 4.45. The van der Waals surface area contributed by atoms with Gasteiger partial charge in [0.15, 0.2) is 5.89 Å². The van der Waals surface area contributed by atoms with Gasteiger partial charge in [0, 0.05) is 18.5 Å². The molecule has 0 saturated heterocycles. The molecule has 1 aromatic heterocycles. The third kappa shape index (κ3) is 3.20. The van der Waals surface area contributed by atoms with Crippen molar-refractivity contribution in [3.8, 4) is 0 Å². The summed E-state index contributed by atoms with van der Waals surface area (Å²) in [6.45, 7) is 6.04. The number of aryl methyl sites for hydroxylation is 1. The Morgan fingerprint density at radius 1 is 1.40 bits per heavy atom. The van der Waals surface area contributed by atoms with Gasteiger partial charge in [-0.25, -0.2) is 4.98 Å². The molecule has 0 fully saturated rings. The topological polar surface area (TPSA) is 55.1 Å². The molecule has 1 aromatic carbocycles. The third-order valence-corrected chi connectivity index (χ3v) is 3.28. The molecule has 106 valence electrons. The minimum atomic E-state index is -0.269. The van der Waals surface area contributed by atoms with Crippen molar-refractivity contribution in [3.05, 3.63) is 52.2 Å². The van der Waals surface area contributed by atoms with Crippen molar-refractivity contribution in [3.63, 3.8) is 0 Å². The van der Waals surface area contributed by atoms with E-state index < -0.39 is 0 Å². The fourth-order valence-corrected chi connectivity index (χ4v) is 2.10. The summed E-state index contributed by atoms with van der Waals surface area (Å²) in [7, 11) is 0. The summed E-state index contributed by atoms with van der Waals surface area (Å²) in [5.74, 6) is 0.642. The normalized spacial score (nSPS) is 10.8. The first-order chi connectivity index (χ1) is 9.49. The van der Waals surface area contributed by atoms with Gasteiger partial charge in [-0.15, -0.1) is 0 Å². The molecule has 0 bridgehead atoms. The number of halogens is 1. The molecular weight excluding hydrogens is 276 g/mol. The molecular formula is C15H17ClN2O2. The molecule has 5 heteroatoms. The Balaban J connectivity index is 2.11. The first-order valence-electron chi connectivity index (χ1n) is 6.48. The summed E-state index contributed by atoms with van der Waals surface area (Å²) < 4.78 is 5.40. The second kappa shape index (κ2) is 6.09. The van der Waals surface area contributed by atoms with E-state index in [1.54, 1.807) is 13.0 Å². The Hall–Kier alpha value is -1.81. The lowest BCUT2D eigenvalue weighted by Gasteiger charge is -2.07. The third-order valence-electron chi connectivity index (χ3n) is 2.91. The Morgan fingerprint density at radius 3 is 2.75 bits per heavy atom. The molecule has 20 heavy (non-hydrogen) atoms. The number of carbonyl (C=O) groups excluding carboxylic acids is 1. The number of rotatable bonds is 4. The summed E-state index contributed by atoms with van der Waals surface area (Å²) in [4.78, 5) is 16.4. The minimum Gasteiger partial charge on any atom is -0.436 e. The molecule has 1 heterocycles. The lowest BCUT2D eigenvalue weighted by molar-refractivity contribution is 0.0920. The standard InChI is InChI=1S/C15H17ClN2O2/c1-9(2)13-14(20-10(3)18-13)15(19)17-8-11-6-4-5-7-12(11)16/h4-7,9H,8H2,1-3H3,(H,17,19). The quantitative estimate of drug-likeness (QED) is 0.935. The zero-order valence-electron chi connectivity index (χ0n) is 11.7. The van der Waals surface area contributed by atoms with Crippen LogP contribution in [0.5, 0.6) is 0 Å². The van der Waals surface area contributed by atoms with Crippen LogP contribution in [0.4, 0.5) is 0 Å². The van der Waals surface area contributed by atoms with Crippen molar-refractivity contribution < 1.29 is 9.21 Å². The number of benzene rings is 1. The second-order valence-corrected chi connectivity index (χ2v) is 5.28. The number of oxazole rings is 1. The van der Waals surface area contributed by atoms with Crippen molar-refractivity contribution in [2.24, 2.45) is 0 Å².